The number of aliphatic hydroxyl groups excluding tert-OH is 1. The lowest BCUT2D eigenvalue weighted by molar-refractivity contribution is -0.282. The Labute approximate surface area is 306 Å². The van der Waals surface area contributed by atoms with Crippen molar-refractivity contribution in [1.82, 2.24) is 5.32 Å². The van der Waals surface area contributed by atoms with Crippen molar-refractivity contribution in [2.45, 2.75) is 83.3 Å². The number of methoxy groups -OCH3 is 1. The number of fused-ring (bicyclic) bond motifs is 3. The van der Waals surface area contributed by atoms with E-state index in [2.05, 4.69) is 29.6 Å². The number of aliphatic hydroxyl groups is 1. The van der Waals surface area contributed by atoms with Gasteiger partial charge in [0.2, 0.25) is 12.4 Å². The van der Waals surface area contributed by atoms with E-state index in [0.29, 0.717) is 31.4 Å². The summed E-state index contributed by atoms with van der Waals surface area (Å²) in [5, 5.41) is 12.9. The number of carbonyl (C=O) groups is 5. The van der Waals surface area contributed by atoms with Crippen LogP contribution in [0.15, 0.2) is 66.7 Å². The van der Waals surface area contributed by atoms with Gasteiger partial charge >= 0.3 is 30.0 Å². The van der Waals surface area contributed by atoms with E-state index in [1.165, 1.54) is 0 Å². The monoisotopic (exact) mass is 733 g/mol. The normalized spacial score (nSPS) is 20.3. The molecule has 1 fully saturated rings. The summed E-state index contributed by atoms with van der Waals surface area (Å²) in [6.07, 6.45) is -6.41. The zero-order valence-electron chi connectivity index (χ0n) is 29.9. The third kappa shape index (κ3) is 9.50. The Morgan fingerprint density at radius 3 is 1.98 bits per heavy atom. The number of esters is 4. The van der Waals surface area contributed by atoms with Crippen LogP contribution in [0.5, 0.6) is 5.75 Å². The lowest BCUT2D eigenvalue weighted by Gasteiger charge is -2.43. The van der Waals surface area contributed by atoms with Crippen molar-refractivity contribution in [2.75, 3.05) is 20.3 Å². The zero-order valence-corrected chi connectivity index (χ0v) is 29.9. The number of hydrogen-bond acceptors (Lipinski definition) is 13. The van der Waals surface area contributed by atoms with E-state index in [0.717, 1.165) is 55.7 Å². The Kier molecular flexibility index (Phi) is 13.0. The molecule has 0 radical (unpaired) electrons. The van der Waals surface area contributed by atoms with Crippen LogP contribution < -0.4 is 10.1 Å². The number of hydrogen-bond donors (Lipinski definition) is 2. The summed E-state index contributed by atoms with van der Waals surface area (Å²) in [5.41, 5.74) is 5.71. The predicted octanol–water partition coefficient (Wildman–Crippen LogP) is 4.11. The molecule has 282 valence electrons. The summed E-state index contributed by atoms with van der Waals surface area (Å²) in [6, 6.07) is 21.3. The van der Waals surface area contributed by atoms with Crippen molar-refractivity contribution >= 4 is 30.0 Å². The second-order valence-electron chi connectivity index (χ2n) is 12.6. The minimum Gasteiger partial charge on any atom is -0.467 e. The van der Waals surface area contributed by atoms with Crippen molar-refractivity contribution in [3.63, 3.8) is 0 Å². The number of nitrogens with one attached hydrogen (secondary N) is 1. The number of alkyl carbamates (subject to hydrolysis) is 1. The third-order valence-electron chi connectivity index (χ3n) is 8.88. The van der Waals surface area contributed by atoms with Crippen LogP contribution in [-0.4, -0.2) is 86.0 Å². The van der Waals surface area contributed by atoms with E-state index in [9.17, 15) is 29.1 Å². The van der Waals surface area contributed by atoms with Gasteiger partial charge in [-0.15, -0.1) is 0 Å². The fourth-order valence-corrected chi connectivity index (χ4v) is 6.59. The summed E-state index contributed by atoms with van der Waals surface area (Å²) in [5.74, 6) is -3.31. The summed E-state index contributed by atoms with van der Waals surface area (Å²) >= 11 is 0. The summed E-state index contributed by atoms with van der Waals surface area (Å²) in [6.45, 7) is 3.44. The van der Waals surface area contributed by atoms with Gasteiger partial charge in [-0.25, -0.2) is 9.59 Å². The molecule has 14 heteroatoms. The van der Waals surface area contributed by atoms with Crippen LogP contribution in [0.2, 0.25) is 0 Å². The van der Waals surface area contributed by atoms with Crippen molar-refractivity contribution < 1.29 is 62.2 Å². The average Bonchev–Trinajstić information content (AvgIpc) is 3.45. The summed E-state index contributed by atoms with van der Waals surface area (Å²) in [4.78, 5) is 61.6. The van der Waals surface area contributed by atoms with Gasteiger partial charge in [0, 0.05) is 38.8 Å². The van der Waals surface area contributed by atoms with E-state index >= 15 is 0 Å². The van der Waals surface area contributed by atoms with Gasteiger partial charge in [0.05, 0.1) is 13.7 Å². The quantitative estimate of drug-likeness (QED) is 0.137. The molecule has 0 saturated carbocycles. The van der Waals surface area contributed by atoms with Crippen molar-refractivity contribution in [2.24, 2.45) is 0 Å². The Balaban J connectivity index is 1.20. The van der Waals surface area contributed by atoms with Crippen LogP contribution in [0.4, 0.5) is 4.79 Å². The Bertz CT molecular complexity index is 1760. The molecule has 1 aliphatic heterocycles. The van der Waals surface area contributed by atoms with Crippen LogP contribution in [0.25, 0.3) is 11.1 Å². The van der Waals surface area contributed by atoms with Gasteiger partial charge in [0.15, 0.2) is 18.3 Å². The molecule has 1 heterocycles. The highest BCUT2D eigenvalue weighted by molar-refractivity contribution is 5.79. The summed E-state index contributed by atoms with van der Waals surface area (Å²) < 4.78 is 38.6. The van der Waals surface area contributed by atoms with Gasteiger partial charge < -0.3 is 43.6 Å². The maximum Gasteiger partial charge on any atom is 0.407 e. The number of aryl methyl sites for hydroxylation is 1. The van der Waals surface area contributed by atoms with E-state index in [1.807, 2.05) is 24.3 Å². The lowest BCUT2D eigenvalue weighted by atomic mass is 9.97. The van der Waals surface area contributed by atoms with Gasteiger partial charge in [-0.2, -0.15) is 0 Å². The summed E-state index contributed by atoms with van der Waals surface area (Å²) in [7, 11) is 1.09. The van der Waals surface area contributed by atoms with E-state index < -0.39 is 67.3 Å². The molecule has 14 nitrogen and oxygen atoms in total. The molecule has 0 aromatic heterocycles. The number of ether oxygens (including phenoxy) is 7. The first kappa shape index (κ1) is 38.8. The molecule has 53 heavy (non-hydrogen) atoms. The maximum absolute atomic E-state index is 12.8. The Morgan fingerprint density at radius 1 is 0.774 bits per heavy atom. The van der Waals surface area contributed by atoms with Gasteiger partial charge in [0.25, 0.3) is 0 Å². The SMILES string of the molecule is COC(=O)[C@H]1O[C@@H](Oc2cc(CCCCNC(=O)OCC3c4ccccc4-c4ccccc43)ccc2CO)[C@H](OC(C)=O)[C@@H](OC(C)=O)[C@@H]1OC(C)=O. The molecule has 1 aliphatic carbocycles. The molecule has 0 spiro atoms. The van der Waals surface area contributed by atoms with E-state index in [1.54, 1.807) is 18.2 Å². The van der Waals surface area contributed by atoms with Crippen LogP contribution in [0, 0.1) is 0 Å². The number of benzene rings is 3. The molecule has 3 aromatic rings. The smallest absolute Gasteiger partial charge is 0.407 e. The Morgan fingerprint density at radius 2 is 1.38 bits per heavy atom. The second-order valence-corrected chi connectivity index (χ2v) is 12.6. The first-order valence-electron chi connectivity index (χ1n) is 17.2. The highest BCUT2D eigenvalue weighted by Gasteiger charge is 2.56. The first-order valence-corrected chi connectivity index (χ1v) is 17.2. The van der Waals surface area contributed by atoms with Crippen LogP contribution in [0.3, 0.4) is 0 Å². The van der Waals surface area contributed by atoms with Gasteiger partial charge in [-0.3, -0.25) is 14.4 Å². The number of rotatable bonds is 14. The number of carbonyl (C=O) groups excluding carboxylic acids is 5. The molecule has 5 rings (SSSR count). The second kappa shape index (κ2) is 17.8. The number of amides is 1. The lowest BCUT2D eigenvalue weighted by Crippen LogP contribution is -2.64. The van der Waals surface area contributed by atoms with Crippen molar-refractivity contribution in [1.29, 1.82) is 0 Å². The molecule has 3 aromatic carbocycles. The molecule has 0 unspecified atom stereocenters. The largest absolute Gasteiger partial charge is 0.467 e. The third-order valence-corrected chi connectivity index (χ3v) is 8.88. The van der Waals surface area contributed by atoms with Crippen molar-refractivity contribution in [3.05, 3.63) is 89.0 Å². The molecule has 1 saturated heterocycles. The zero-order chi connectivity index (χ0) is 38.1. The molecule has 0 bridgehead atoms. The van der Waals surface area contributed by atoms with Crippen LogP contribution in [-0.2, 0) is 60.6 Å². The fourth-order valence-electron chi connectivity index (χ4n) is 6.59. The molecule has 5 atom stereocenters. The highest BCUT2D eigenvalue weighted by Crippen LogP contribution is 2.44. The van der Waals surface area contributed by atoms with E-state index in [-0.39, 0.29) is 18.3 Å². The van der Waals surface area contributed by atoms with Gasteiger partial charge in [-0.05, 0) is 53.1 Å². The minimum absolute atomic E-state index is 0.0380. The van der Waals surface area contributed by atoms with Gasteiger partial charge in [0.1, 0.15) is 12.4 Å². The average molecular weight is 734 g/mol. The topological polar surface area (TPSA) is 182 Å². The predicted molar refractivity (Wildman–Crippen MR) is 186 cm³/mol. The number of unbranched alkanes of at least 4 members (excludes halogenated alkanes) is 1. The maximum atomic E-state index is 12.8. The fraction of sp³-hybridized carbons (Fsp3) is 0.410. The molecule has 2 N–H and O–H groups in total. The van der Waals surface area contributed by atoms with Crippen LogP contribution >= 0.6 is 0 Å². The van der Waals surface area contributed by atoms with E-state index in [4.69, 9.17) is 33.2 Å². The first-order chi connectivity index (χ1) is 25.5. The molecule has 1 amide bonds. The molecule has 2 aliphatic rings. The standard InChI is InChI=1S/C39H43NO13/c1-22(42)49-33-34(50-23(2)43)36(51-24(3)44)38(53-35(33)37(45)47-4)52-32-19-25(16-17-26(32)20-41)11-9-10-18-40-39(46)48-21-31-29-14-7-5-12-27(29)28-13-6-8-15-30(28)31/h5-8,12-17,19,31,33-36,38,41H,9-11,18,20-21H2,1-4H3,(H,40,46)/t33-,34-,35-,36+,38+/m0/s1. The molecular formula is C39H43NO13. The Hall–Kier alpha value is -5.47. The highest BCUT2D eigenvalue weighted by atomic mass is 16.7. The van der Waals surface area contributed by atoms with Gasteiger partial charge in [-0.1, -0.05) is 60.7 Å². The van der Waals surface area contributed by atoms with Crippen molar-refractivity contribution in [3.8, 4) is 16.9 Å². The minimum atomic E-state index is -1.63. The molecular weight excluding hydrogens is 690 g/mol. The van der Waals surface area contributed by atoms with Crippen LogP contribution in [0.1, 0.15) is 61.8 Å².